The van der Waals surface area contributed by atoms with Crippen molar-refractivity contribution in [1.82, 2.24) is 9.62 Å². The highest BCUT2D eigenvalue weighted by atomic mass is 32.2. The number of morpholine rings is 1. The summed E-state index contributed by atoms with van der Waals surface area (Å²) in [5.41, 5.74) is 1.28. The molecule has 2 heterocycles. The van der Waals surface area contributed by atoms with E-state index in [0.717, 1.165) is 5.39 Å². The summed E-state index contributed by atoms with van der Waals surface area (Å²) in [6.07, 6.45) is 0. The standard InChI is InChI=1S/C24H26N2O7S/c1-16-7-8-19(14-22(16)34(29,30)26-9-11-31-12-10-26)24(28)32-15-23(27)25-17(2)21-13-18-5-3-4-6-20(18)33-21/h3-8,13-14,17H,9-12,15H2,1-2H3,(H,25,27). The quantitative estimate of drug-likeness (QED) is 0.511. The average molecular weight is 487 g/mol. The number of aryl methyl sites for hydroxylation is 1. The zero-order chi connectivity index (χ0) is 24.3. The van der Waals surface area contributed by atoms with E-state index in [9.17, 15) is 18.0 Å². The largest absolute Gasteiger partial charge is 0.459 e. The van der Waals surface area contributed by atoms with Gasteiger partial charge in [0.2, 0.25) is 10.0 Å². The lowest BCUT2D eigenvalue weighted by Crippen LogP contribution is -2.40. The maximum absolute atomic E-state index is 13.0. The third-order valence-corrected chi connectivity index (χ3v) is 7.64. The highest BCUT2D eigenvalue weighted by Crippen LogP contribution is 2.24. The fraction of sp³-hybridized carbons (Fsp3) is 0.333. The summed E-state index contributed by atoms with van der Waals surface area (Å²) in [6, 6.07) is 13.2. The van der Waals surface area contributed by atoms with E-state index in [4.69, 9.17) is 13.9 Å². The summed E-state index contributed by atoms with van der Waals surface area (Å²) < 4.78 is 43.5. The lowest BCUT2D eigenvalue weighted by molar-refractivity contribution is -0.125. The van der Waals surface area contributed by atoms with Gasteiger partial charge >= 0.3 is 5.97 Å². The minimum atomic E-state index is -3.78. The van der Waals surface area contributed by atoms with Gasteiger partial charge in [-0.25, -0.2) is 13.2 Å². The van der Waals surface area contributed by atoms with Crippen LogP contribution in [0.25, 0.3) is 11.0 Å². The zero-order valence-corrected chi connectivity index (χ0v) is 19.8. The molecule has 1 aromatic heterocycles. The van der Waals surface area contributed by atoms with E-state index in [1.54, 1.807) is 19.9 Å². The molecule has 9 nitrogen and oxygen atoms in total. The van der Waals surface area contributed by atoms with E-state index in [1.165, 1.54) is 16.4 Å². The second-order valence-corrected chi connectivity index (χ2v) is 9.96. The Morgan fingerprint density at radius 3 is 2.59 bits per heavy atom. The van der Waals surface area contributed by atoms with E-state index < -0.39 is 34.5 Å². The summed E-state index contributed by atoms with van der Waals surface area (Å²) in [5, 5.41) is 3.65. The third kappa shape index (κ3) is 5.14. The van der Waals surface area contributed by atoms with Gasteiger partial charge in [-0.3, -0.25) is 4.79 Å². The van der Waals surface area contributed by atoms with E-state index in [-0.39, 0.29) is 23.5 Å². The van der Waals surface area contributed by atoms with Crippen molar-refractivity contribution in [2.24, 2.45) is 0 Å². The van der Waals surface area contributed by atoms with Gasteiger partial charge in [0.05, 0.1) is 29.7 Å². The monoisotopic (exact) mass is 486 g/mol. The van der Waals surface area contributed by atoms with Crippen LogP contribution in [0.3, 0.4) is 0 Å². The summed E-state index contributed by atoms with van der Waals surface area (Å²) in [4.78, 5) is 24.9. The van der Waals surface area contributed by atoms with E-state index >= 15 is 0 Å². The molecule has 0 spiro atoms. The molecule has 0 aliphatic carbocycles. The fourth-order valence-electron chi connectivity index (χ4n) is 3.72. The Bertz CT molecular complexity index is 1280. The van der Waals surface area contributed by atoms with Crippen molar-refractivity contribution in [3.8, 4) is 0 Å². The average Bonchev–Trinajstić information content (AvgIpc) is 3.28. The van der Waals surface area contributed by atoms with E-state index in [0.29, 0.717) is 30.1 Å². The lowest BCUT2D eigenvalue weighted by Gasteiger charge is -2.26. The number of para-hydroxylation sites is 1. The summed E-state index contributed by atoms with van der Waals surface area (Å²) >= 11 is 0. The summed E-state index contributed by atoms with van der Waals surface area (Å²) in [6.45, 7) is 4.06. The fourth-order valence-corrected chi connectivity index (χ4v) is 5.37. The molecule has 3 aromatic rings. The molecule has 180 valence electrons. The molecular formula is C24H26N2O7S. The Hall–Kier alpha value is -3.21. The number of benzene rings is 2. The Labute approximate surface area is 197 Å². The van der Waals surface area contributed by atoms with Crippen molar-refractivity contribution < 1.29 is 31.9 Å². The van der Waals surface area contributed by atoms with Crippen molar-refractivity contribution in [3.05, 3.63) is 65.4 Å². The van der Waals surface area contributed by atoms with Crippen LogP contribution in [0.2, 0.25) is 0 Å². The number of ether oxygens (including phenoxy) is 2. The molecule has 0 radical (unpaired) electrons. The number of fused-ring (bicyclic) bond motifs is 1. The molecule has 2 aromatic carbocycles. The molecular weight excluding hydrogens is 460 g/mol. The molecule has 1 saturated heterocycles. The molecule has 10 heteroatoms. The van der Waals surface area contributed by atoms with Gasteiger partial charge in [0.25, 0.3) is 5.91 Å². The van der Waals surface area contributed by atoms with Crippen LogP contribution in [-0.2, 0) is 24.3 Å². The molecule has 0 saturated carbocycles. The van der Waals surface area contributed by atoms with Crippen LogP contribution in [-0.4, -0.2) is 57.5 Å². The first kappa shape index (κ1) is 23.9. The van der Waals surface area contributed by atoms with Gasteiger partial charge in [-0.1, -0.05) is 24.3 Å². The lowest BCUT2D eigenvalue weighted by atomic mass is 10.1. The number of furan rings is 1. The van der Waals surface area contributed by atoms with Gasteiger partial charge in [0.1, 0.15) is 11.3 Å². The van der Waals surface area contributed by atoms with E-state index in [1.807, 2.05) is 30.3 Å². The van der Waals surface area contributed by atoms with Crippen LogP contribution >= 0.6 is 0 Å². The van der Waals surface area contributed by atoms with Crippen molar-refractivity contribution in [2.45, 2.75) is 24.8 Å². The van der Waals surface area contributed by atoms with Crippen molar-refractivity contribution in [1.29, 1.82) is 0 Å². The van der Waals surface area contributed by atoms with Crippen LogP contribution in [0, 0.1) is 6.92 Å². The highest BCUT2D eigenvalue weighted by molar-refractivity contribution is 7.89. The molecule has 1 aliphatic rings. The van der Waals surface area contributed by atoms with Gasteiger partial charge in [0, 0.05) is 18.5 Å². The second-order valence-electron chi connectivity index (χ2n) is 8.05. The van der Waals surface area contributed by atoms with Crippen LogP contribution in [0.1, 0.15) is 34.6 Å². The number of nitrogens with zero attached hydrogens (tertiary/aromatic N) is 1. The predicted molar refractivity (Wildman–Crippen MR) is 124 cm³/mol. The first-order valence-corrected chi connectivity index (χ1v) is 12.3. The number of sulfonamides is 1. The number of hydrogen-bond donors (Lipinski definition) is 1. The van der Waals surface area contributed by atoms with Crippen LogP contribution in [0.5, 0.6) is 0 Å². The van der Waals surface area contributed by atoms with Crippen LogP contribution < -0.4 is 5.32 Å². The Balaban J connectivity index is 1.38. The molecule has 1 amide bonds. The second kappa shape index (κ2) is 9.96. The first-order valence-electron chi connectivity index (χ1n) is 10.9. The SMILES string of the molecule is Cc1ccc(C(=O)OCC(=O)NC(C)c2cc3ccccc3o2)cc1S(=O)(=O)N1CCOCC1. The Kier molecular flexibility index (Phi) is 7.01. The summed E-state index contributed by atoms with van der Waals surface area (Å²) in [5.74, 6) is -0.711. The maximum Gasteiger partial charge on any atom is 0.338 e. The minimum absolute atomic E-state index is 0.0341. The van der Waals surface area contributed by atoms with Crippen LogP contribution in [0.15, 0.2) is 57.8 Å². The predicted octanol–water partition coefficient (Wildman–Crippen LogP) is 2.80. The number of hydrogen-bond acceptors (Lipinski definition) is 7. The number of rotatable bonds is 7. The number of carbonyl (C=O) groups excluding carboxylic acids is 2. The smallest absolute Gasteiger partial charge is 0.338 e. The number of esters is 1. The van der Waals surface area contributed by atoms with Gasteiger partial charge in [-0.05, 0) is 43.7 Å². The van der Waals surface area contributed by atoms with Gasteiger partial charge in [-0.15, -0.1) is 0 Å². The number of carbonyl (C=O) groups is 2. The molecule has 1 aliphatic heterocycles. The molecule has 1 atom stereocenters. The van der Waals surface area contributed by atoms with Crippen molar-refractivity contribution >= 4 is 32.9 Å². The normalized spacial score (nSPS) is 15.7. The van der Waals surface area contributed by atoms with E-state index in [2.05, 4.69) is 5.32 Å². The minimum Gasteiger partial charge on any atom is -0.459 e. The maximum atomic E-state index is 13.0. The molecule has 4 rings (SSSR count). The molecule has 1 fully saturated rings. The zero-order valence-electron chi connectivity index (χ0n) is 18.9. The molecule has 1 unspecified atom stereocenters. The number of amides is 1. The third-order valence-electron chi connectivity index (χ3n) is 5.59. The molecule has 1 N–H and O–H groups in total. The topological polar surface area (TPSA) is 115 Å². The van der Waals surface area contributed by atoms with Crippen molar-refractivity contribution in [2.75, 3.05) is 32.9 Å². The molecule has 34 heavy (non-hydrogen) atoms. The first-order chi connectivity index (χ1) is 16.3. The number of nitrogens with one attached hydrogen (secondary N) is 1. The summed E-state index contributed by atoms with van der Waals surface area (Å²) in [7, 11) is -3.78. The van der Waals surface area contributed by atoms with Gasteiger partial charge in [-0.2, -0.15) is 4.31 Å². The van der Waals surface area contributed by atoms with Gasteiger partial charge in [0.15, 0.2) is 6.61 Å². The highest BCUT2D eigenvalue weighted by Gasteiger charge is 2.28. The Morgan fingerprint density at radius 2 is 1.85 bits per heavy atom. The van der Waals surface area contributed by atoms with Crippen LogP contribution in [0.4, 0.5) is 0 Å². The Morgan fingerprint density at radius 1 is 1.12 bits per heavy atom. The van der Waals surface area contributed by atoms with Crippen molar-refractivity contribution in [3.63, 3.8) is 0 Å². The molecule has 0 bridgehead atoms. The van der Waals surface area contributed by atoms with Gasteiger partial charge < -0.3 is 19.2 Å².